The molecular weight excluding hydrogens is 265 g/mol. The average Bonchev–Trinajstić information content (AvgIpc) is 2.41. The SMILES string of the molecule is Cc1ccc(F)cc1[C@@H](N)[C@@H](O)C1CCCCC1.Cl. The standard InChI is InChI=1S/C15H22FNO.ClH/c1-10-7-8-12(16)9-13(10)14(17)15(18)11-5-3-2-4-6-11;/h7-9,11,14-15,18H,2-6,17H2,1H3;1H/t14-,15+;/m1./s1. The molecule has 2 rings (SSSR count). The minimum Gasteiger partial charge on any atom is -0.391 e. The van der Waals surface area contributed by atoms with Crippen LogP contribution >= 0.6 is 12.4 Å². The van der Waals surface area contributed by atoms with E-state index in [0.717, 1.165) is 36.8 Å². The molecule has 1 aliphatic carbocycles. The Morgan fingerprint density at radius 3 is 2.53 bits per heavy atom. The summed E-state index contributed by atoms with van der Waals surface area (Å²) in [4.78, 5) is 0. The molecule has 1 saturated carbocycles. The van der Waals surface area contributed by atoms with E-state index in [1.54, 1.807) is 6.07 Å². The van der Waals surface area contributed by atoms with E-state index in [2.05, 4.69) is 0 Å². The van der Waals surface area contributed by atoms with Crippen molar-refractivity contribution in [3.8, 4) is 0 Å². The molecule has 0 aliphatic heterocycles. The Morgan fingerprint density at radius 2 is 1.89 bits per heavy atom. The number of aliphatic hydroxyl groups is 1. The van der Waals surface area contributed by atoms with Gasteiger partial charge in [-0.15, -0.1) is 12.4 Å². The molecular formula is C15H23ClFNO. The minimum atomic E-state index is -0.564. The lowest BCUT2D eigenvalue weighted by atomic mass is 9.81. The first-order valence-electron chi connectivity index (χ1n) is 6.79. The topological polar surface area (TPSA) is 46.2 Å². The summed E-state index contributed by atoms with van der Waals surface area (Å²) in [5.74, 6) is -0.0293. The Hall–Kier alpha value is -0.640. The maximum atomic E-state index is 13.3. The smallest absolute Gasteiger partial charge is 0.123 e. The normalized spacial score (nSPS) is 19.6. The summed E-state index contributed by atoms with van der Waals surface area (Å²) in [6, 6.07) is 4.12. The van der Waals surface area contributed by atoms with Gasteiger partial charge in [-0.25, -0.2) is 4.39 Å². The largest absolute Gasteiger partial charge is 0.391 e. The second kappa shape index (κ2) is 7.22. The summed E-state index contributed by atoms with van der Waals surface area (Å²) in [6.45, 7) is 1.90. The Kier molecular flexibility index (Phi) is 6.24. The molecule has 3 N–H and O–H groups in total. The van der Waals surface area contributed by atoms with Crippen LogP contribution in [0.25, 0.3) is 0 Å². The van der Waals surface area contributed by atoms with Gasteiger partial charge in [0.05, 0.1) is 12.1 Å². The fourth-order valence-electron chi connectivity index (χ4n) is 2.92. The molecule has 1 aromatic carbocycles. The summed E-state index contributed by atoms with van der Waals surface area (Å²) in [5, 5.41) is 10.4. The molecule has 108 valence electrons. The van der Waals surface area contributed by atoms with Crippen molar-refractivity contribution < 1.29 is 9.50 Å². The molecule has 1 fully saturated rings. The number of benzene rings is 1. The molecule has 2 atom stereocenters. The van der Waals surface area contributed by atoms with Gasteiger partial charge in [0, 0.05) is 0 Å². The number of hydrogen-bond donors (Lipinski definition) is 2. The van der Waals surface area contributed by atoms with E-state index in [9.17, 15) is 9.50 Å². The zero-order valence-corrected chi connectivity index (χ0v) is 12.1. The number of halogens is 2. The first-order valence-corrected chi connectivity index (χ1v) is 6.79. The monoisotopic (exact) mass is 287 g/mol. The number of aryl methyl sites for hydroxylation is 1. The quantitative estimate of drug-likeness (QED) is 0.894. The van der Waals surface area contributed by atoms with E-state index in [0.29, 0.717) is 0 Å². The number of rotatable bonds is 3. The van der Waals surface area contributed by atoms with Gasteiger partial charge in [-0.05, 0) is 48.9 Å². The van der Waals surface area contributed by atoms with Crippen molar-refractivity contribution in [2.45, 2.75) is 51.2 Å². The van der Waals surface area contributed by atoms with Crippen LogP contribution in [-0.2, 0) is 0 Å². The fraction of sp³-hybridized carbons (Fsp3) is 0.600. The van der Waals surface area contributed by atoms with Gasteiger partial charge in [0.15, 0.2) is 0 Å². The van der Waals surface area contributed by atoms with E-state index >= 15 is 0 Å². The molecule has 1 aliphatic rings. The molecule has 0 spiro atoms. The van der Waals surface area contributed by atoms with Gasteiger partial charge >= 0.3 is 0 Å². The van der Waals surface area contributed by atoms with E-state index < -0.39 is 12.1 Å². The molecule has 0 heterocycles. The maximum absolute atomic E-state index is 13.3. The van der Waals surface area contributed by atoms with E-state index in [1.807, 2.05) is 6.92 Å². The van der Waals surface area contributed by atoms with Gasteiger partial charge in [0.2, 0.25) is 0 Å². The second-order valence-corrected chi connectivity index (χ2v) is 5.42. The van der Waals surface area contributed by atoms with Crippen molar-refractivity contribution in [3.63, 3.8) is 0 Å². The summed E-state index contributed by atoms with van der Waals surface area (Å²) in [5.41, 5.74) is 7.80. The van der Waals surface area contributed by atoms with Crippen molar-refractivity contribution in [1.29, 1.82) is 0 Å². The van der Waals surface area contributed by atoms with Gasteiger partial charge < -0.3 is 10.8 Å². The van der Waals surface area contributed by atoms with Gasteiger partial charge in [-0.3, -0.25) is 0 Å². The zero-order chi connectivity index (χ0) is 13.1. The molecule has 0 bridgehead atoms. The molecule has 0 radical (unpaired) electrons. The van der Waals surface area contributed by atoms with Crippen LogP contribution in [0.5, 0.6) is 0 Å². The molecule has 0 saturated heterocycles. The number of nitrogens with two attached hydrogens (primary N) is 1. The summed E-state index contributed by atoms with van der Waals surface area (Å²) in [6.07, 6.45) is 5.07. The highest BCUT2D eigenvalue weighted by molar-refractivity contribution is 5.85. The van der Waals surface area contributed by atoms with Crippen LogP contribution in [-0.4, -0.2) is 11.2 Å². The fourth-order valence-corrected chi connectivity index (χ4v) is 2.92. The van der Waals surface area contributed by atoms with Crippen LogP contribution in [0.1, 0.15) is 49.3 Å². The average molecular weight is 288 g/mol. The van der Waals surface area contributed by atoms with E-state index in [4.69, 9.17) is 5.73 Å². The van der Waals surface area contributed by atoms with Crippen LogP contribution in [0.3, 0.4) is 0 Å². The molecule has 0 amide bonds. The minimum absolute atomic E-state index is 0. The highest BCUT2D eigenvalue weighted by atomic mass is 35.5. The highest BCUT2D eigenvalue weighted by Crippen LogP contribution is 2.32. The zero-order valence-electron chi connectivity index (χ0n) is 11.3. The summed E-state index contributed by atoms with van der Waals surface area (Å²) in [7, 11) is 0. The molecule has 0 unspecified atom stereocenters. The lowest BCUT2D eigenvalue weighted by Crippen LogP contribution is -2.34. The van der Waals surface area contributed by atoms with Crippen LogP contribution in [0.4, 0.5) is 4.39 Å². The van der Waals surface area contributed by atoms with Crippen molar-refractivity contribution >= 4 is 12.4 Å². The number of hydrogen-bond acceptors (Lipinski definition) is 2. The van der Waals surface area contributed by atoms with Crippen molar-refractivity contribution in [2.24, 2.45) is 11.7 Å². The predicted molar refractivity (Wildman–Crippen MR) is 77.9 cm³/mol. The Bertz CT molecular complexity index is 407. The Morgan fingerprint density at radius 1 is 1.26 bits per heavy atom. The maximum Gasteiger partial charge on any atom is 0.123 e. The predicted octanol–water partition coefficient (Wildman–Crippen LogP) is 3.50. The Labute approximate surface area is 120 Å². The molecule has 19 heavy (non-hydrogen) atoms. The third-order valence-corrected chi connectivity index (χ3v) is 4.10. The summed E-state index contributed by atoms with van der Waals surface area (Å²) >= 11 is 0. The van der Waals surface area contributed by atoms with Gasteiger partial charge in [0.1, 0.15) is 5.82 Å². The first kappa shape index (κ1) is 16.4. The lowest BCUT2D eigenvalue weighted by molar-refractivity contribution is 0.0615. The van der Waals surface area contributed by atoms with E-state index in [1.165, 1.54) is 18.6 Å². The molecule has 1 aromatic rings. The van der Waals surface area contributed by atoms with Crippen LogP contribution in [0.15, 0.2) is 18.2 Å². The third kappa shape index (κ3) is 3.91. The van der Waals surface area contributed by atoms with Crippen LogP contribution in [0, 0.1) is 18.7 Å². The molecule has 2 nitrogen and oxygen atoms in total. The molecule has 0 aromatic heterocycles. The van der Waals surface area contributed by atoms with Crippen molar-refractivity contribution in [3.05, 3.63) is 35.1 Å². The molecule has 4 heteroatoms. The Balaban J connectivity index is 0.00000180. The first-order chi connectivity index (χ1) is 8.59. The summed E-state index contributed by atoms with van der Waals surface area (Å²) < 4.78 is 13.3. The third-order valence-electron chi connectivity index (χ3n) is 4.10. The van der Waals surface area contributed by atoms with Gasteiger partial charge in [0.25, 0.3) is 0 Å². The highest BCUT2D eigenvalue weighted by Gasteiger charge is 2.28. The second-order valence-electron chi connectivity index (χ2n) is 5.42. The van der Waals surface area contributed by atoms with Crippen LogP contribution < -0.4 is 5.73 Å². The van der Waals surface area contributed by atoms with Crippen molar-refractivity contribution in [2.75, 3.05) is 0 Å². The van der Waals surface area contributed by atoms with Crippen LogP contribution in [0.2, 0.25) is 0 Å². The van der Waals surface area contributed by atoms with Crippen molar-refractivity contribution in [1.82, 2.24) is 0 Å². The van der Waals surface area contributed by atoms with Gasteiger partial charge in [-0.1, -0.05) is 25.3 Å². The van der Waals surface area contributed by atoms with Gasteiger partial charge in [-0.2, -0.15) is 0 Å². The van der Waals surface area contributed by atoms with E-state index in [-0.39, 0.29) is 24.1 Å². The number of aliphatic hydroxyl groups excluding tert-OH is 1. The lowest BCUT2D eigenvalue weighted by Gasteiger charge is -2.31.